The predicted octanol–water partition coefficient (Wildman–Crippen LogP) is 4.08. The lowest BCUT2D eigenvalue weighted by Gasteiger charge is -2.46. The number of nitrogens with zero attached hydrogens (tertiary/aromatic N) is 1. The molecule has 0 N–H and O–H groups in total. The smallest absolute Gasteiger partial charge is 0.0127 e. The molecule has 0 aromatic rings. The van der Waals surface area contributed by atoms with Crippen LogP contribution in [0.4, 0.5) is 0 Å². The molecule has 0 aromatic heterocycles. The Labute approximate surface area is 96.2 Å². The van der Waals surface area contributed by atoms with Gasteiger partial charge in [-0.2, -0.15) is 0 Å². The maximum absolute atomic E-state index is 2.72. The molecule has 1 aliphatic rings. The first kappa shape index (κ1) is 13.0. The van der Waals surface area contributed by atoms with Crippen LogP contribution in [0.3, 0.4) is 0 Å². The van der Waals surface area contributed by atoms with Crippen molar-refractivity contribution < 1.29 is 0 Å². The third-order valence-electron chi connectivity index (χ3n) is 3.48. The summed E-state index contributed by atoms with van der Waals surface area (Å²) in [6.45, 7) is 15.4. The van der Waals surface area contributed by atoms with E-state index in [-0.39, 0.29) is 0 Å². The summed E-state index contributed by atoms with van der Waals surface area (Å²) >= 11 is 0. The molecule has 1 fully saturated rings. The van der Waals surface area contributed by atoms with Crippen molar-refractivity contribution in [3.05, 3.63) is 0 Å². The predicted molar refractivity (Wildman–Crippen MR) is 68.2 cm³/mol. The highest BCUT2D eigenvalue weighted by molar-refractivity contribution is 4.88. The van der Waals surface area contributed by atoms with Crippen LogP contribution in [-0.2, 0) is 0 Å². The second-order valence-corrected chi connectivity index (χ2v) is 7.26. The summed E-state index contributed by atoms with van der Waals surface area (Å²) in [6, 6.07) is 0.868. The van der Waals surface area contributed by atoms with Crippen molar-refractivity contribution in [2.75, 3.05) is 6.54 Å². The fourth-order valence-electron chi connectivity index (χ4n) is 2.22. The van der Waals surface area contributed by atoms with Gasteiger partial charge in [-0.15, -0.1) is 0 Å². The van der Waals surface area contributed by atoms with Gasteiger partial charge >= 0.3 is 0 Å². The molecule has 1 heteroatoms. The van der Waals surface area contributed by atoms with Gasteiger partial charge in [0.1, 0.15) is 0 Å². The molecule has 0 radical (unpaired) electrons. The topological polar surface area (TPSA) is 3.24 Å². The van der Waals surface area contributed by atoms with Crippen LogP contribution < -0.4 is 0 Å². The van der Waals surface area contributed by atoms with Crippen molar-refractivity contribution in [1.82, 2.24) is 4.90 Å². The first-order valence-electron chi connectivity index (χ1n) is 6.47. The van der Waals surface area contributed by atoms with Crippen molar-refractivity contribution in [3.8, 4) is 0 Å². The average Bonchev–Trinajstić information content (AvgIpc) is 1.88. The van der Waals surface area contributed by atoms with Crippen LogP contribution >= 0.6 is 0 Å². The molecule has 90 valence electrons. The van der Waals surface area contributed by atoms with Gasteiger partial charge < -0.3 is 0 Å². The Bertz CT molecular complexity index is 190. The highest BCUT2D eigenvalue weighted by atomic mass is 15.2. The average molecular weight is 211 g/mol. The Kier molecular flexibility index (Phi) is 3.86. The lowest BCUT2D eigenvalue weighted by molar-refractivity contribution is 0.0302. The molecule has 1 rings (SSSR count). The van der Waals surface area contributed by atoms with Gasteiger partial charge in [0.05, 0.1) is 0 Å². The molecule has 0 unspecified atom stereocenters. The van der Waals surface area contributed by atoms with Gasteiger partial charge in [-0.1, -0.05) is 27.2 Å². The molecule has 15 heavy (non-hydrogen) atoms. The van der Waals surface area contributed by atoms with Gasteiger partial charge in [0.25, 0.3) is 0 Å². The van der Waals surface area contributed by atoms with E-state index in [1.165, 1.54) is 32.2 Å². The minimum Gasteiger partial charge on any atom is -0.296 e. The summed E-state index contributed by atoms with van der Waals surface area (Å²) in [5.41, 5.74) is 0.809. The van der Waals surface area contributed by atoms with E-state index in [9.17, 15) is 0 Å². The zero-order chi connectivity index (χ0) is 11.7. The van der Waals surface area contributed by atoms with Gasteiger partial charge in [-0.05, 0) is 52.0 Å². The van der Waals surface area contributed by atoms with Gasteiger partial charge in [0.2, 0.25) is 0 Å². The molecule has 1 saturated carbocycles. The van der Waals surface area contributed by atoms with Crippen LogP contribution in [0.25, 0.3) is 0 Å². The van der Waals surface area contributed by atoms with E-state index in [0.717, 1.165) is 6.04 Å². The molecule has 0 aliphatic heterocycles. The number of hydrogen-bond donors (Lipinski definition) is 0. The Hall–Kier alpha value is -0.0400. The van der Waals surface area contributed by atoms with Gasteiger partial charge in [0.15, 0.2) is 0 Å². The lowest BCUT2D eigenvalue weighted by atomic mass is 9.85. The van der Waals surface area contributed by atoms with Crippen LogP contribution in [0.1, 0.15) is 67.2 Å². The molecule has 0 aromatic carbocycles. The molecule has 1 nitrogen and oxygen atoms in total. The molecular weight excluding hydrogens is 182 g/mol. The summed E-state index contributed by atoms with van der Waals surface area (Å²) in [6.07, 6.45) is 5.58. The standard InChI is InChI=1S/C14H29N/c1-13(2,3)10-11-15(14(4,5)6)12-8-7-9-12/h12H,7-11H2,1-6H3. The Morgan fingerprint density at radius 2 is 1.53 bits per heavy atom. The van der Waals surface area contributed by atoms with Crippen LogP contribution in [0.2, 0.25) is 0 Å². The first-order valence-corrected chi connectivity index (χ1v) is 6.47. The molecular formula is C14H29N. The zero-order valence-electron chi connectivity index (χ0n) is 11.6. The normalized spacial score (nSPS) is 19.4. The van der Waals surface area contributed by atoms with Gasteiger partial charge in [-0.25, -0.2) is 0 Å². The molecule has 0 bridgehead atoms. The second kappa shape index (κ2) is 4.45. The molecule has 0 heterocycles. The third kappa shape index (κ3) is 4.14. The van der Waals surface area contributed by atoms with Crippen molar-refractivity contribution >= 4 is 0 Å². The van der Waals surface area contributed by atoms with E-state index in [2.05, 4.69) is 46.4 Å². The van der Waals surface area contributed by atoms with E-state index in [1.807, 2.05) is 0 Å². The summed E-state index contributed by atoms with van der Waals surface area (Å²) in [4.78, 5) is 2.72. The maximum atomic E-state index is 2.72. The highest BCUT2D eigenvalue weighted by Gasteiger charge is 2.32. The Balaban J connectivity index is 2.50. The van der Waals surface area contributed by atoms with Gasteiger partial charge in [0, 0.05) is 11.6 Å². The minimum atomic E-state index is 0.344. The van der Waals surface area contributed by atoms with E-state index < -0.39 is 0 Å². The van der Waals surface area contributed by atoms with Crippen LogP contribution in [0.5, 0.6) is 0 Å². The minimum absolute atomic E-state index is 0.344. The SMILES string of the molecule is CC(C)(C)CCN(C1CCC1)C(C)(C)C. The molecule has 0 spiro atoms. The highest BCUT2D eigenvalue weighted by Crippen LogP contribution is 2.32. The lowest BCUT2D eigenvalue weighted by Crippen LogP contribution is -2.51. The Morgan fingerprint density at radius 1 is 1.00 bits per heavy atom. The van der Waals surface area contributed by atoms with Gasteiger partial charge in [-0.3, -0.25) is 4.90 Å². The summed E-state index contributed by atoms with van der Waals surface area (Å²) in [5, 5.41) is 0. The van der Waals surface area contributed by atoms with Crippen molar-refractivity contribution in [3.63, 3.8) is 0 Å². The number of rotatable bonds is 3. The van der Waals surface area contributed by atoms with Crippen LogP contribution in [0.15, 0.2) is 0 Å². The monoisotopic (exact) mass is 211 g/mol. The van der Waals surface area contributed by atoms with E-state index in [4.69, 9.17) is 0 Å². The maximum Gasteiger partial charge on any atom is 0.0127 e. The summed E-state index contributed by atoms with van der Waals surface area (Å²) in [7, 11) is 0. The second-order valence-electron chi connectivity index (χ2n) is 7.26. The molecule has 1 aliphatic carbocycles. The van der Waals surface area contributed by atoms with Crippen molar-refractivity contribution in [2.24, 2.45) is 5.41 Å². The quantitative estimate of drug-likeness (QED) is 0.680. The Morgan fingerprint density at radius 3 is 1.80 bits per heavy atom. The molecule has 0 atom stereocenters. The number of hydrogen-bond acceptors (Lipinski definition) is 1. The van der Waals surface area contributed by atoms with Crippen LogP contribution in [0, 0.1) is 5.41 Å². The largest absolute Gasteiger partial charge is 0.296 e. The van der Waals surface area contributed by atoms with Crippen molar-refractivity contribution in [2.45, 2.75) is 78.8 Å². The van der Waals surface area contributed by atoms with Crippen molar-refractivity contribution in [1.29, 1.82) is 0 Å². The fraction of sp³-hybridized carbons (Fsp3) is 1.00. The zero-order valence-corrected chi connectivity index (χ0v) is 11.6. The molecule has 0 amide bonds. The molecule has 0 saturated heterocycles. The van der Waals surface area contributed by atoms with E-state index in [0.29, 0.717) is 11.0 Å². The summed E-state index contributed by atoms with van der Waals surface area (Å²) in [5.74, 6) is 0. The third-order valence-corrected chi connectivity index (χ3v) is 3.48. The fourth-order valence-corrected chi connectivity index (χ4v) is 2.22. The summed E-state index contributed by atoms with van der Waals surface area (Å²) < 4.78 is 0. The van der Waals surface area contributed by atoms with E-state index >= 15 is 0 Å². The van der Waals surface area contributed by atoms with Crippen LogP contribution in [-0.4, -0.2) is 23.0 Å². The first-order chi connectivity index (χ1) is 6.70. The van der Waals surface area contributed by atoms with E-state index in [1.54, 1.807) is 0 Å².